The molecule has 1 N–H and O–H groups in total. The minimum Gasteiger partial charge on any atom is -0.494 e. The van der Waals surface area contributed by atoms with E-state index in [-0.39, 0.29) is 0 Å². The molecule has 0 aromatic heterocycles. The van der Waals surface area contributed by atoms with Crippen molar-refractivity contribution in [3.8, 4) is 5.75 Å². The van der Waals surface area contributed by atoms with Crippen molar-refractivity contribution < 1.29 is 9.47 Å². The van der Waals surface area contributed by atoms with Crippen LogP contribution < -0.4 is 10.1 Å². The van der Waals surface area contributed by atoms with Gasteiger partial charge in [0.1, 0.15) is 5.75 Å². The summed E-state index contributed by atoms with van der Waals surface area (Å²) in [6.45, 7) is 4.83. The number of para-hydroxylation sites is 1. The summed E-state index contributed by atoms with van der Waals surface area (Å²) < 4.78 is 11.2. The number of rotatable bonds is 6. The standard InChI is InChI=1S/C15H23NO2/c1-13-12-14(8-11-17-13)16-9-5-10-18-15-6-3-2-4-7-15/h2-4,6-7,13-14,16H,5,8-12H2,1H3/t13-,14-/m1/s1. The molecule has 2 rings (SSSR count). The Bertz CT molecular complexity index is 329. The van der Waals surface area contributed by atoms with Gasteiger partial charge in [-0.2, -0.15) is 0 Å². The number of nitrogens with one attached hydrogen (secondary N) is 1. The molecule has 1 fully saturated rings. The van der Waals surface area contributed by atoms with E-state index in [1.807, 2.05) is 30.3 Å². The molecule has 18 heavy (non-hydrogen) atoms. The van der Waals surface area contributed by atoms with Crippen molar-refractivity contribution in [3.05, 3.63) is 30.3 Å². The molecule has 0 bridgehead atoms. The first kappa shape index (κ1) is 13.4. The van der Waals surface area contributed by atoms with Gasteiger partial charge in [0.2, 0.25) is 0 Å². The molecule has 1 aliphatic heterocycles. The van der Waals surface area contributed by atoms with Crippen molar-refractivity contribution in [2.45, 2.75) is 38.3 Å². The van der Waals surface area contributed by atoms with Crippen molar-refractivity contribution >= 4 is 0 Å². The zero-order valence-corrected chi connectivity index (χ0v) is 11.1. The predicted octanol–water partition coefficient (Wildman–Crippen LogP) is 2.61. The van der Waals surface area contributed by atoms with Gasteiger partial charge in [-0.15, -0.1) is 0 Å². The molecule has 0 radical (unpaired) electrons. The van der Waals surface area contributed by atoms with Crippen LogP contribution in [0.5, 0.6) is 5.75 Å². The Kier molecular flexibility index (Phi) is 5.49. The third-order valence-corrected chi connectivity index (χ3v) is 3.25. The lowest BCUT2D eigenvalue weighted by Gasteiger charge is -2.28. The molecular weight excluding hydrogens is 226 g/mol. The fourth-order valence-corrected chi connectivity index (χ4v) is 2.27. The minimum absolute atomic E-state index is 0.400. The van der Waals surface area contributed by atoms with E-state index in [9.17, 15) is 0 Å². The van der Waals surface area contributed by atoms with Gasteiger partial charge in [-0.25, -0.2) is 0 Å². The van der Waals surface area contributed by atoms with Crippen LogP contribution in [-0.4, -0.2) is 31.9 Å². The zero-order valence-electron chi connectivity index (χ0n) is 11.1. The van der Waals surface area contributed by atoms with E-state index in [4.69, 9.17) is 9.47 Å². The van der Waals surface area contributed by atoms with E-state index >= 15 is 0 Å². The number of benzene rings is 1. The number of hydrogen-bond donors (Lipinski definition) is 1. The maximum Gasteiger partial charge on any atom is 0.119 e. The molecule has 1 saturated heterocycles. The Morgan fingerprint density at radius 1 is 1.33 bits per heavy atom. The van der Waals surface area contributed by atoms with Crippen LogP contribution in [0, 0.1) is 0 Å². The van der Waals surface area contributed by atoms with E-state index in [1.54, 1.807) is 0 Å². The summed E-state index contributed by atoms with van der Waals surface area (Å²) in [5.74, 6) is 0.956. The van der Waals surface area contributed by atoms with Crippen molar-refractivity contribution in [1.82, 2.24) is 5.32 Å². The highest BCUT2D eigenvalue weighted by atomic mass is 16.5. The molecule has 0 spiro atoms. The smallest absolute Gasteiger partial charge is 0.119 e. The molecule has 1 aliphatic rings. The summed E-state index contributed by atoms with van der Waals surface area (Å²) in [4.78, 5) is 0. The van der Waals surface area contributed by atoms with E-state index in [2.05, 4.69) is 12.2 Å². The average molecular weight is 249 g/mol. The van der Waals surface area contributed by atoms with Gasteiger partial charge in [-0.3, -0.25) is 0 Å². The quantitative estimate of drug-likeness (QED) is 0.786. The Morgan fingerprint density at radius 2 is 2.17 bits per heavy atom. The number of hydrogen-bond acceptors (Lipinski definition) is 3. The summed E-state index contributed by atoms with van der Waals surface area (Å²) in [6, 6.07) is 10.6. The first-order valence-corrected chi connectivity index (χ1v) is 6.87. The van der Waals surface area contributed by atoms with Gasteiger partial charge in [0.05, 0.1) is 12.7 Å². The molecule has 1 heterocycles. The SMILES string of the molecule is C[C@@H]1C[C@H](NCCCOc2ccccc2)CCO1. The Labute approximate surface area is 109 Å². The molecule has 2 atom stereocenters. The van der Waals surface area contributed by atoms with Gasteiger partial charge in [-0.1, -0.05) is 18.2 Å². The highest BCUT2D eigenvalue weighted by Gasteiger charge is 2.18. The second-order valence-electron chi connectivity index (χ2n) is 4.87. The van der Waals surface area contributed by atoms with Gasteiger partial charge in [0, 0.05) is 12.6 Å². The monoisotopic (exact) mass is 249 g/mol. The lowest BCUT2D eigenvalue weighted by Crippen LogP contribution is -2.38. The maximum atomic E-state index is 5.65. The predicted molar refractivity (Wildman–Crippen MR) is 73.0 cm³/mol. The van der Waals surface area contributed by atoms with Gasteiger partial charge >= 0.3 is 0 Å². The topological polar surface area (TPSA) is 30.5 Å². The van der Waals surface area contributed by atoms with E-state index < -0.39 is 0 Å². The number of ether oxygens (including phenoxy) is 2. The van der Waals surface area contributed by atoms with Crippen LogP contribution in [0.3, 0.4) is 0 Å². The van der Waals surface area contributed by atoms with Crippen LogP contribution in [0.1, 0.15) is 26.2 Å². The first-order valence-electron chi connectivity index (χ1n) is 6.87. The van der Waals surface area contributed by atoms with Gasteiger partial charge in [-0.05, 0) is 44.9 Å². The molecule has 0 aliphatic carbocycles. The van der Waals surface area contributed by atoms with Crippen molar-refractivity contribution in [2.75, 3.05) is 19.8 Å². The lowest BCUT2D eigenvalue weighted by atomic mass is 10.0. The van der Waals surface area contributed by atoms with E-state index in [1.165, 1.54) is 0 Å². The van der Waals surface area contributed by atoms with Crippen LogP contribution in [0.2, 0.25) is 0 Å². The summed E-state index contributed by atoms with van der Waals surface area (Å²) in [5, 5.41) is 3.58. The normalized spacial score (nSPS) is 23.8. The van der Waals surface area contributed by atoms with Crippen molar-refractivity contribution in [2.24, 2.45) is 0 Å². The Hall–Kier alpha value is -1.06. The average Bonchev–Trinajstić information content (AvgIpc) is 2.40. The molecule has 0 unspecified atom stereocenters. The van der Waals surface area contributed by atoms with Gasteiger partial charge in [0.15, 0.2) is 0 Å². The van der Waals surface area contributed by atoms with Crippen LogP contribution in [0.4, 0.5) is 0 Å². The largest absolute Gasteiger partial charge is 0.494 e. The Morgan fingerprint density at radius 3 is 2.94 bits per heavy atom. The molecule has 1 aromatic rings. The molecule has 0 saturated carbocycles. The highest BCUT2D eigenvalue weighted by Crippen LogP contribution is 2.13. The maximum absolute atomic E-state index is 5.65. The summed E-state index contributed by atoms with van der Waals surface area (Å²) in [5.41, 5.74) is 0. The van der Waals surface area contributed by atoms with Crippen LogP contribution >= 0.6 is 0 Å². The van der Waals surface area contributed by atoms with E-state index in [0.717, 1.165) is 44.8 Å². The highest BCUT2D eigenvalue weighted by molar-refractivity contribution is 5.20. The third kappa shape index (κ3) is 4.67. The second kappa shape index (κ2) is 7.39. The second-order valence-corrected chi connectivity index (χ2v) is 4.87. The zero-order chi connectivity index (χ0) is 12.6. The van der Waals surface area contributed by atoms with E-state index in [0.29, 0.717) is 12.1 Å². The molecule has 1 aromatic carbocycles. The first-order chi connectivity index (χ1) is 8.84. The Balaban J connectivity index is 1.53. The molecular formula is C15H23NO2. The fraction of sp³-hybridized carbons (Fsp3) is 0.600. The molecule has 3 nitrogen and oxygen atoms in total. The molecule has 3 heteroatoms. The lowest BCUT2D eigenvalue weighted by molar-refractivity contribution is 0.0133. The summed E-state index contributed by atoms with van der Waals surface area (Å²) in [6.07, 6.45) is 3.70. The summed E-state index contributed by atoms with van der Waals surface area (Å²) >= 11 is 0. The minimum atomic E-state index is 0.400. The van der Waals surface area contributed by atoms with Crippen LogP contribution in [0.15, 0.2) is 30.3 Å². The molecule has 100 valence electrons. The van der Waals surface area contributed by atoms with Gasteiger partial charge < -0.3 is 14.8 Å². The van der Waals surface area contributed by atoms with Crippen LogP contribution in [-0.2, 0) is 4.74 Å². The fourth-order valence-electron chi connectivity index (χ4n) is 2.27. The summed E-state index contributed by atoms with van der Waals surface area (Å²) in [7, 11) is 0. The van der Waals surface area contributed by atoms with Crippen molar-refractivity contribution in [1.29, 1.82) is 0 Å². The van der Waals surface area contributed by atoms with Crippen LogP contribution in [0.25, 0.3) is 0 Å². The van der Waals surface area contributed by atoms with Crippen molar-refractivity contribution in [3.63, 3.8) is 0 Å². The van der Waals surface area contributed by atoms with Gasteiger partial charge in [0.25, 0.3) is 0 Å². The molecule has 0 amide bonds. The third-order valence-electron chi connectivity index (χ3n) is 3.25.